The van der Waals surface area contributed by atoms with Crippen LogP contribution < -0.4 is 5.32 Å². The molecule has 2 aromatic rings. The number of nitro benzene ring substituents is 1. The number of amides is 2. The number of nitrogens with one attached hydrogen (secondary N) is 1. The molecule has 0 spiro atoms. The van der Waals surface area contributed by atoms with Crippen molar-refractivity contribution in [3.05, 3.63) is 64.0 Å². The van der Waals surface area contributed by atoms with Crippen LogP contribution in [0.2, 0.25) is 0 Å². The molecule has 2 heterocycles. The van der Waals surface area contributed by atoms with Crippen LogP contribution in [0.15, 0.2) is 48.2 Å². The maximum absolute atomic E-state index is 12.3. The second kappa shape index (κ2) is 6.29. The average molecular weight is 356 g/mol. The molecule has 8 nitrogen and oxygen atoms in total. The number of carbonyl (C=O) groups excluding carboxylic acids is 2. The second-order valence-electron chi connectivity index (χ2n) is 5.26. The number of rotatable bonds is 3. The maximum atomic E-state index is 12.3. The van der Waals surface area contributed by atoms with E-state index in [1.807, 2.05) is 0 Å². The summed E-state index contributed by atoms with van der Waals surface area (Å²) in [7, 11) is 1.47. The highest BCUT2D eigenvalue weighted by atomic mass is 32.1. The number of hydrogen-bond donors (Lipinski definition) is 1. The number of likely N-dealkylation sites (N-methyl/N-ethyl adjacent to an activating group) is 1. The molecule has 0 unspecified atom stereocenters. The minimum Gasteiger partial charge on any atom is -0.317 e. The molecule has 0 bridgehead atoms. The molecule has 0 radical (unpaired) electrons. The number of nitro groups is 1. The molecule has 2 amide bonds. The number of non-ortho nitro benzene ring substituents is 1. The fraction of sp³-hybridized carbons (Fsp3) is 0.0625. The SMILES string of the molecule is CN1C(=O)C(=Cc2cccn2-c2cccc([N+](=O)[O-])c2)C(=O)NC1=S. The quantitative estimate of drug-likeness (QED) is 0.296. The lowest BCUT2D eigenvalue weighted by atomic mass is 10.1. The summed E-state index contributed by atoms with van der Waals surface area (Å²) in [5.74, 6) is -1.10. The Bertz CT molecular complexity index is 947. The molecule has 3 rings (SSSR count). The number of aromatic nitrogens is 1. The van der Waals surface area contributed by atoms with Gasteiger partial charge in [-0.15, -0.1) is 0 Å². The molecule has 1 N–H and O–H groups in total. The Morgan fingerprint density at radius 3 is 2.72 bits per heavy atom. The van der Waals surface area contributed by atoms with Gasteiger partial charge in [0.15, 0.2) is 5.11 Å². The molecular weight excluding hydrogens is 344 g/mol. The minimum atomic E-state index is -0.583. The van der Waals surface area contributed by atoms with Crippen LogP contribution in [0.5, 0.6) is 0 Å². The molecule has 1 fully saturated rings. The topological polar surface area (TPSA) is 97.5 Å². The standard InChI is InChI=1S/C16H12N4O4S/c1-18-15(22)13(14(21)17-16(18)25)9-11-6-3-7-19(11)10-4-2-5-12(8-10)20(23)24/h2-9H,1H3,(H,17,21,25). The summed E-state index contributed by atoms with van der Waals surface area (Å²) in [5, 5.41) is 13.4. The Kier molecular flexibility index (Phi) is 4.15. The van der Waals surface area contributed by atoms with Crippen molar-refractivity contribution in [3.8, 4) is 5.69 Å². The Labute approximate surface area is 147 Å². The van der Waals surface area contributed by atoms with E-state index in [9.17, 15) is 19.7 Å². The number of carbonyl (C=O) groups is 2. The van der Waals surface area contributed by atoms with Crippen LogP contribution in [-0.2, 0) is 9.59 Å². The summed E-state index contributed by atoms with van der Waals surface area (Å²) in [4.78, 5) is 36.0. The van der Waals surface area contributed by atoms with E-state index < -0.39 is 16.7 Å². The molecule has 0 saturated carbocycles. The van der Waals surface area contributed by atoms with Gasteiger partial charge in [-0.25, -0.2) is 0 Å². The summed E-state index contributed by atoms with van der Waals surface area (Å²) in [6.45, 7) is 0. The van der Waals surface area contributed by atoms with E-state index in [4.69, 9.17) is 12.2 Å². The van der Waals surface area contributed by atoms with E-state index >= 15 is 0 Å². The normalized spacial score (nSPS) is 16.3. The molecule has 1 aliphatic rings. The fourth-order valence-corrected chi connectivity index (χ4v) is 2.57. The lowest BCUT2D eigenvalue weighted by Gasteiger charge is -2.25. The van der Waals surface area contributed by atoms with E-state index in [0.717, 1.165) is 0 Å². The molecule has 1 aromatic carbocycles. The molecule has 25 heavy (non-hydrogen) atoms. The first kappa shape index (κ1) is 16.5. The highest BCUT2D eigenvalue weighted by Gasteiger charge is 2.31. The van der Waals surface area contributed by atoms with Gasteiger partial charge in [-0.1, -0.05) is 6.07 Å². The molecule has 126 valence electrons. The number of thiocarbonyl (C=S) groups is 1. The van der Waals surface area contributed by atoms with E-state index in [2.05, 4.69) is 5.32 Å². The van der Waals surface area contributed by atoms with Gasteiger partial charge in [0.2, 0.25) is 0 Å². The Morgan fingerprint density at radius 2 is 2.00 bits per heavy atom. The predicted molar refractivity (Wildman–Crippen MR) is 93.9 cm³/mol. The van der Waals surface area contributed by atoms with Crippen molar-refractivity contribution in [2.24, 2.45) is 0 Å². The van der Waals surface area contributed by atoms with Gasteiger partial charge in [0.1, 0.15) is 5.57 Å². The van der Waals surface area contributed by atoms with Gasteiger partial charge >= 0.3 is 0 Å². The third-order valence-electron chi connectivity index (χ3n) is 3.70. The molecule has 0 atom stereocenters. The van der Waals surface area contributed by atoms with Crippen LogP contribution in [0, 0.1) is 10.1 Å². The first-order chi connectivity index (χ1) is 11.9. The zero-order chi connectivity index (χ0) is 18.1. The van der Waals surface area contributed by atoms with E-state index in [-0.39, 0.29) is 16.4 Å². The highest BCUT2D eigenvalue weighted by Crippen LogP contribution is 2.21. The average Bonchev–Trinajstić information content (AvgIpc) is 3.05. The summed E-state index contributed by atoms with van der Waals surface area (Å²) in [6.07, 6.45) is 3.11. The summed E-state index contributed by atoms with van der Waals surface area (Å²) in [5.41, 5.74) is 0.946. The molecular formula is C16H12N4O4S. The predicted octanol–water partition coefficient (Wildman–Crippen LogP) is 1.64. The van der Waals surface area contributed by atoms with Gasteiger partial charge in [0.05, 0.1) is 10.6 Å². The van der Waals surface area contributed by atoms with Gasteiger partial charge in [-0.05, 0) is 36.5 Å². The Morgan fingerprint density at radius 1 is 1.24 bits per heavy atom. The van der Waals surface area contributed by atoms with Crippen LogP contribution in [0.4, 0.5) is 5.69 Å². The number of benzene rings is 1. The molecule has 9 heteroatoms. The first-order valence-electron chi connectivity index (χ1n) is 7.16. The highest BCUT2D eigenvalue weighted by molar-refractivity contribution is 7.80. The molecule has 1 aromatic heterocycles. The maximum Gasteiger partial charge on any atom is 0.271 e. The lowest BCUT2D eigenvalue weighted by Crippen LogP contribution is -2.52. The molecule has 0 aliphatic carbocycles. The van der Waals surface area contributed by atoms with Gasteiger partial charge in [0.25, 0.3) is 17.5 Å². The van der Waals surface area contributed by atoms with Crippen molar-refractivity contribution in [3.63, 3.8) is 0 Å². The van der Waals surface area contributed by atoms with Gasteiger partial charge in [0, 0.05) is 31.1 Å². The van der Waals surface area contributed by atoms with Crippen LogP contribution in [0.25, 0.3) is 11.8 Å². The van der Waals surface area contributed by atoms with Crippen molar-refractivity contribution in [2.75, 3.05) is 7.05 Å². The van der Waals surface area contributed by atoms with Crippen molar-refractivity contribution >= 4 is 40.9 Å². The van der Waals surface area contributed by atoms with Crippen LogP contribution >= 0.6 is 12.2 Å². The summed E-state index contributed by atoms with van der Waals surface area (Å²) < 4.78 is 1.65. The van der Waals surface area contributed by atoms with Crippen molar-refractivity contribution in [1.29, 1.82) is 0 Å². The van der Waals surface area contributed by atoms with Crippen molar-refractivity contribution < 1.29 is 14.5 Å². The first-order valence-corrected chi connectivity index (χ1v) is 7.56. The van der Waals surface area contributed by atoms with Gasteiger partial charge in [-0.2, -0.15) is 0 Å². The van der Waals surface area contributed by atoms with Crippen molar-refractivity contribution in [2.45, 2.75) is 0 Å². The zero-order valence-corrected chi connectivity index (χ0v) is 13.8. The van der Waals surface area contributed by atoms with Gasteiger partial charge in [-0.3, -0.25) is 29.9 Å². The van der Waals surface area contributed by atoms with Crippen LogP contribution in [-0.4, -0.2) is 38.4 Å². The third kappa shape index (κ3) is 3.04. The van der Waals surface area contributed by atoms with E-state index in [1.165, 1.54) is 30.2 Å². The zero-order valence-electron chi connectivity index (χ0n) is 13.0. The largest absolute Gasteiger partial charge is 0.317 e. The fourth-order valence-electron chi connectivity index (χ4n) is 2.40. The van der Waals surface area contributed by atoms with Gasteiger partial charge < -0.3 is 4.57 Å². The van der Waals surface area contributed by atoms with Crippen LogP contribution in [0.1, 0.15) is 5.69 Å². The molecule has 1 saturated heterocycles. The van der Waals surface area contributed by atoms with E-state index in [1.54, 1.807) is 35.0 Å². The molecule has 1 aliphatic heterocycles. The smallest absolute Gasteiger partial charge is 0.271 e. The summed E-state index contributed by atoms with van der Waals surface area (Å²) >= 11 is 4.90. The van der Waals surface area contributed by atoms with Crippen LogP contribution in [0.3, 0.4) is 0 Å². The number of nitrogens with zero attached hydrogens (tertiary/aromatic N) is 3. The van der Waals surface area contributed by atoms with Crippen molar-refractivity contribution in [1.82, 2.24) is 14.8 Å². The third-order valence-corrected chi connectivity index (χ3v) is 4.07. The lowest BCUT2D eigenvalue weighted by molar-refractivity contribution is -0.384. The Hall–Kier alpha value is -3.33. The summed E-state index contributed by atoms with van der Waals surface area (Å²) in [6, 6.07) is 9.46. The second-order valence-corrected chi connectivity index (χ2v) is 5.65. The Balaban J connectivity index is 2.04. The van der Waals surface area contributed by atoms with E-state index in [0.29, 0.717) is 11.4 Å². The minimum absolute atomic E-state index is 0.0428. The monoisotopic (exact) mass is 356 g/mol. The number of hydrogen-bond acceptors (Lipinski definition) is 5.